The van der Waals surface area contributed by atoms with Crippen LogP contribution in [0.5, 0.6) is 0 Å². The average Bonchev–Trinajstić information content (AvgIpc) is 2.57. The number of benzene rings is 1. The molecule has 0 saturated heterocycles. The second-order valence-electron chi connectivity index (χ2n) is 5.83. The maximum atomic E-state index is 12.0. The van der Waals surface area contributed by atoms with Gasteiger partial charge in [0.25, 0.3) is 5.91 Å². The molecule has 0 saturated carbocycles. The van der Waals surface area contributed by atoms with Gasteiger partial charge in [0.15, 0.2) is 0 Å². The number of hydrogen-bond acceptors (Lipinski definition) is 3. The molecule has 0 unspecified atom stereocenters. The largest absolute Gasteiger partial charge is 0.466 e. The molecule has 1 aromatic carbocycles. The van der Waals surface area contributed by atoms with Gasteiger partial charge < -0.3 is 10.1 Å². The van der Waals surface area contributed by atoms with Gasteiger partial charge in [-0.25, -0.2) is 0 Å². The Hall–Kier alpha value is -1.36. The fourth-order valence-electron chi connectivity index (χ4n) is 2.34. The number of esters is 1. The van der Waals surface area contributed by atoms with Crippen molar-refractivity contribution in [1.82, 2.24) is 5.32 Å². The zero-order valence-electron chi connectivity index (χ0n) is 14.5. The van der Waals surface area contributed by atoms with Crippen molar-refractivity contribution >= 4 is 27.8 Å². The van der Waals surface area contributed by atoms with Gasteiger partial charge in [0.2, 0.25) is 0 Å². The summed E-state index contributed by atoms with van der Waals surface area (Å²) in [5, 5.41) is 2.73. The molecule has 5 heteroatoms. The Labute approximate surface area is 153 Å². The maximum Gasteiger partial charge on any atom is 0.307 e. The van der Waals surface area contributed by atoms with Crippen LogP contribution < -0.4 is 5.32 Å². The number of rotatable bonds is 12. The Balaban J connectivity index is 2.04. The summed E-state index contributed by atoms with van der Waals surface area (Å²) in [6, 6.07) is 7.20. The van der Waals surface area contributed by atoms with E-state index < -0.39 is 0 Å². The van der Waals surface area contributed by atoms with E-state index in [4.69, 9.17) is 4.74 Å². The van der Waals surface area contributed by atoms with Crippen molar-refractivity contribution in [2.75, 3.05) is 13.2 Å². The van der Waals surface area contributed by atoms with Gasteiger partial charge in [-0.1, -0.05) is 57.6 Å². The molecular weight excluding hydrogens is 370 g/mol. The smallest absolute Gasteiger partial charge is 0.307 e. The minimum Gasteiger partial charge on any atom is -0.466 e. The number of ether oxygens (including phenoxy) is 1. The second kappa shape index (κ2) is 13.0. The van der Waals surface area contributed by atoms with Crippen LogP contribution in [0.3, 0.4) is 0 Å². The minimum absolute atomic E-state index is 0.192. The van der Waals surface area contributed by atoms with E-state index in [-0.39, 0.29) is 24.8 Å². The van der Waals surface area contributed by atoms with Gasteiger partial charge in [-0.05, 0) is 34.5 Å². The predicted octanol–water partition coefficient (Wildman–Crippen LogP) is 4.86. The molecule has 0 fully saturated rings. The fourth-order valence-corrected chi connectivity index (χ4v) is 2.80. The number of unbranched alkanes of at least 4 members (excludes halogenated alkanes) is 6. The van der Waals surface area contributed by atoms with Gasteiger partial charge in [0, 0.05) is 11.0 Å². The van der Waals surface area contributed by atoms with Crippen LogP contribution in [-0.4, -0.2) is 25.0 Å². The summed E-state index contributed by atoms with van der Waals surface area (Å²) in [5.41, 5.74) is 0.564. The molecule has 4 nitrogen and oxygen atoms in total. The van der Waals surface area contributed by atoms with Gasteiger partial charge in [0.05, 0.1) is 18.6 Å². The van der Waals surface area contributed by atoms with E-state index in [0.29, 0.717) is 12.2 Å². The third kappa shape index (κ3) is 9.06. The van der Waals surface area contributed by atoms with Crippen LogP contribution >= 0.6 is 15.9 Å². The van der Waals surface area contributed by atoms with E-state index in [0.717, 1.165) is 17.3 Å². The standard InChI is InChI=1S/C19H28BrNO3/c1-2-3-4-5-6-7-10-15-24-18(22)13-14-21-19(23)16-11-8-9-12-17(16)20/h8-9,11-12H,2-7,10,13-15H2,1H3,(H,21,23). The van der Waals surface area contributed by atoms with E-state index in [2.05, 4.69) is 28.2 Å². The third-order valence-electron chi connectivity index (χ3n) is 3.74. The first-order valence-corrected chi connectivity index (χ1v) is 9.62. The van der Waals surface area contributed by atoms with Gasteiger partial charge in [-0.2, -0.15) is 0 Å². The number of carbonyl (C=O) groups excluding carboxylic acids is 2. The summed E-state index contributed by atoms with van der Waals surface area (Å²) >= 11 is 3.33. The highest BCUT2D eigenvalue weighted by atomic mass is 79.9. The highest BCUT2D eigenvalue weighted by molar-refractivity contribution is 9.10. The molecule has 1 rings (SSSR count). The van der Waals surface area contributed by atoms with Crippen molar-refractivity contribution in [2.45, 2.75) is 58.3 Å². The number of amides is 1. The molecule has 0 atom stereocenters. The van der Waals surface area contributed by atoms with E-state index >= 15 is 0 Å². The minimum atomic E-state index is -0.256. The summed E-state index contributed by atoms with van der Waals surface area (Å²) < 4.78 is 5.92. The Bertz CT molecular complexity index is 505. The summed E-state index contributed by atoms with van der Waals surface area (Å²) in [6.07, 6.45) is 8.56. The number of carbonyl (C=O) groups is 2. The van der Waals surface area contributed by atoms with Crippen LogP contribution in [0.15, 0.2) is 28.7 Å². The zero-order valence-corrected chi connectivity index (χ0v) is 16.1. The lowest BCUT2D eigenvalue weighted by Crippen LogP contribution is -2.26. The lowest BCUT2D eigenvalue weighted by Gasteiger charge is -2.07. The molecule has 24 heavy (non-hydrogen) atoms. The van der Waals surface area contributed by atoms with E-state index in [1.54, 1.807) is 12.1 Å². The first-order chi connectivity index (χ1) is 11.6. The Kier molecular flexibility index (Phi) is 11.2. The lowest BCUT2D eigenvalue weighted by molar-refractivity contribution is -0.143. The van der Waals surface area contributed by atoms with Crippen LogP contribution in [-0.2, 0) is 9.53 Å². The molecule has 0 aliphatic heterocycles. The molecule has 0 aliphatic rings. The number of hydrogen-bond donors (Lipinski definition) is 1. The highest BCUT2D eigenvalue weighted by Crippen LogP contribution is 2.15. The van der Waals surface area contributed by atoms with Crippen LogP contribution in [0.25, 0.3) is 0 Å². The van der Waals surface area contributed by atoms with E-state index in [9.17, 15) is 9.59 Å². The van der Waals surface area contributed by atoms with Crippen molar-refractivity contribution in [1.29, 1.82) is 0 Å². The topological polar surface area (TPSA) is 55.4 Å². The normalized spacial score (nSPS) is 10.4. The molecule has 0 heterocycles. The fraction of sp³-hybridized carbons (Fsp3) is 0.579. The molecule has 0 radical (unpaired) electrons. The Morgan fingerprint density at radius 2 is 1.71 bits per heavy atom. The molecular formula is C19H28BrNO3. The summed E-state index contributed by atoms with van der Waals surface area (Å²) in [7, 11) is 0. The van der Waals surface area contributed by atoms with Gasteiger partial charge in [-0.3, -0.25) is 9.59 Å². The Morgan fingerprint density at radius 3 is 2.42 bits per heavy atom. The molecule has 0 aliphatic carbocycles. The van der Waals surface area contributed by atoms with Crippen molar-refractivity contribution < 1.29 is 14.3 Å². The average molecular weight is 398 g/mol. The van der Waals surface area contributed by atoms with Crippen LogP contribution in [0.1, 0.15) is 68.6 Å². The molecule has 1 N–H and O–H groups in total. The first kappa shape index (κ1) is 20.7. The Morgan fingerprint density at radius 1 is 1.04 bits per heavy atom. The third-order valence-corrected chi connectivity index (χ3v) is 4.44. The van der Waals surface area contributed by atoms with E-state index in [1.807, 2.05) is 12.1 Å². The molecule has 0 bridgehead atoms. The second-order valence-corrected chi connectivity index (χ2v) is 6.68. The monoisotopic (exact) mass is 397 g/mol. The van der Waals surface area contributed by atoms with Crippen molar-refractivity contribution in [3.05, 3.63) is 34.3 Å². The van der Waals surface area contributed by atoms with Crippen molar-refractivity contribution in [2.24, 2.45) is 0 Å². The van der Waals surface area contributed by atoms with Crippen LogP contribution in [0, 0.1) is 0 Å². The maximum absolute atomic E-state index is 12.0. The predicted molar refractivity (Wildman–Crippen MR) is 100 cm³/mol. The molecule has 0 aromatic heterocycles. The lowest BCUT2D eigenvalue weighted by atomic mass is 10.1. The number of nitrogens with one attached hydrogen (secondary N) is 1. The quantitative estimate of drug-likeness (QED) is 0.404. The summed E-state index contributed by atoms with van der Waals surface area (Å²) in [5.74, 6) is -0.448. The van der Waals surface area contributed by atoms with Crippen LogP contribution in [0.4, 0.5) is 0 Å². The van der Waals surface area contributed by atoms with Crippen molar-refractivity contribution in [3.8, 4) is 0 Å². The summed E-state index contributed by atoms with van der Waals surface area (Å²) in [6.45, 7) is 2.97. The molecule has 134 valence electrons. The van der Waals surface area contributed by atoms with E-state index in [1.165, 1.54) is 32.1 Å². The first-order valence-electron chi connectivity index (χ1n) is 8.83. The zero-order chi connectivity index (χ0) is 17.6. The molecule has 0 spiro atoms. The van der Waals surface area contributed by atoms with Crippen molar-refractivity contribution in [3.63, 3.8) is 0 Å². The highest BCUT2D eigenvalue weighted by Gasteiger charge is 2.09. The van der Waals surface area contributed by atoms with Gasteiger partial charge in [-0.15, -0.1) is 0 Å². The molecule has 1 amide bonds. The summed E-state index contributed by atoms with van der Waals surface area (Å²) in [4.78, 5) is 23.6. The SMILES string of the molecule is CCCCCCCCCOC(=O)CCNC(=O)c1ccccc1Br. The van der Waals surface area contributed by atoms with Gasteiger partial charge in [0.1, 0.15) is 0 Å². The number of halogens is 1. The van der Waals surface area contributed by atoms with Gasteiger partial charge >= 0.3 is 5.97 Å². The van der Waals surface area contributed by atoms with Crippen LogP contribution in [0.2, 0.25) is 0 Å². The molecule has 1 aromatic rings.